The van der Waals surface area contributed by atoms with Gasteiger partial charge in [0.2, 0.25) is 17.7 Å². The summed E-state index contributed by atoms with van der Waals surface area (Å²) in [6.07, 6.45) is -31.3. The van der Waals surface area contributed by atoms with Crippen molar-refractivity contribution >= 4 is 17.7 Å². The van der Waals surface area contributed by atoms with E-state index < -0.39 is 322 Å². The van der Waals surface area contributed by atoms with Crippen molar-refractivity contribution in [2.24, 2.45) is 0 Å². The molecule has 0 aromatic carbocycles. The van der Waals surface area contributed by atoms with Crippen LogP contribution in [-0.2, 0) is 90.2 Å². The van der Waals surface area contributed by atoms with E-state index >= 15 is 0 Å². The summed E-state index contributed by atoms with van der Waals surface area (Å²) in [4.78, 5) is 40.0. The highest BCUT2D eigenvalue weighted by atomic mass is 16.8. The molecule has 26 N–H and O–H groups in total. The first-order chi connectivity index (χ1) is 67.8. The molecule has 16 unspecified atom stereocenters. The van der Waals surface area contributed by atoms with Crippen LogP contribution in [0.5, 0.6) is 0 Å². The van der Waals surface area contributed by atoms with Gasteiger partial charge in [-0.1, -0.05) is 205 Å². The van der Waals surface area contributed by atoms with Crippen molar-refractivity contribution in [1.82, 2.24) is 16.0 Å². The zero-order valence-corrected chi connectivity index (χ0v) is 82.3. The summed E-state index contributed by atoms with van der Waals surface area (Å²) >= 11 is 0. The van der Waals surface area contributed by atoms with Crippen LogP contribution in [0.15, 0.2) is 24.3 Å². The lowest BCUT2D eigenvalue weighted by atomic mass is 9.93. The number of ether oxygens (including phenoxy) is 16. The minimum absolute atomic E-state index is 0.152. The van der Waals surface area contributed by atoms with Crippen molar-refractivity contribution < 1.29 is 208 Å². The lowest BCUT2D eigenvalue weighted by Crippen LogP contribution is -2.71. The number of aliphatic hydroxyl groups excluding tert-OH is 23. The van der Waals surface area contributed by atoms with E-state index in [4.69, 9.17) is 75.8 Å². The average molecular weight is 2040 g/mol. The minimum atomic E-state index is -2.37. The predicted molar refractivity (Wildman–Crippen MR) is 494 cm³/mol. The van der Waals surface area contributed by atoms with Gasteiger partial charge in [0.05, 0.1) is 71.1 Å². The van der Waals surface area contributed by atoms with E-state index in [1.165, 1.54) is 148 Å². The maximum atomic E-state index is 13.7. The van der Waals surface area contributed by atoms with Crippen LogP contribution in [0, 0.1) is 0 Å². The number of aliphatic hydroxyl groups is 23. The Bertz CT molecular complexity index is 3450. The smallest absolute Gasteiger partial charge is 0.220 e. The summed E-state index contributed by atoms with van der Waals surface area (Å²) in [6.45, 7) is -0.358. The topological polar surface area (TPSA) is 700 Å². The molecule has 141 heavy (non-hydrogen) atoms. The molecule has 8 saturated heterocycles. The van der Waals surface area contributed by atoms with Crippen LogP contribution in [0.25, 0.3) is 0 Å². The summed E-state index contributed by atoms with van der Waals surface area (Å²) in [7, 11) is 0. The molecule has 3 amide bonds. The molecule has 45 nitrogen and oxygen atoms in total. The van der Waals surface area contributed by atoms with Gasteiger partial charge in [0.1, 0.15) is 189 Å². The van der Waals surface area contributed by atoms with Gasteiger partial charge in [0.25, 0.3) is 0 Å². The number of amides is 3. The van der Waals surface area contributed by atoms with Gasteiger partial charge in [0, 0.05) is 20.3 Å². The summed E-state index contributed by atoms with van der Waals surface area (Å²) in [5, 5.41) is 267. The third kappa shape index (κ3) is 36.6. The Kier molecular flexibility index (Phi) is 56.3. The molecule has 8 aliphatic heterocycles. The Morgan fingerprint density at radius 3 is 0.993 bits per heavy atom. The van der Waals surface area contributed by atoms with E-state index in [9.17, 15) is 132 Å². The molecule has 42 atom stereocenters. The van der Waals surface area contributed by atoms with Crippen LogP contribution in [0.2, 0.25) is 0 Å². The van der Waals surface area contributed by atoms with Gasteiger partial charge in [0.15, 0.2) is 50.3 Å². The molecular formula is C96H171N3O42. The molecule has 0 aromatic heterocycles. The van der Waals surface area contributed by atoms with E-state index in [1.54, 1.807) is 6.08 Å². The lowest BCUT2D eigenvalue weighted by Gasteiger charge is -2.51. The Morgan fingerprint density at radius 2 is 0.589 bits per heavy atom. The largest absolute Gasteiger partial charge is 0.394 e. The first-order valence-electron chi connectivity index (χ1n) is 51.5. The quantitative estimate of drug-likeness (QED) is 0.0215. The monoisotopic (exact) mass is 2040 g/mol. The molecule has 0 spiro atoms. The zero-order valence-electron chi connectivity index (χ0n) is 82.3. The second kappa shape index (κ2) is 64.8. The van der Waals surface area contributed by atoms with E-state index in [-0.39, 0.29) is 12.3 Å². The number of nitrogens with one attached hydrogen (secondary N) is 3. The molecular weight excluding hydrogens is 1870 g/mol. The van der Waals surface area contributed by atoms with Gasteiger partial charge in [-0.05, 0) is 51.9 Å². The maximum absolute atomic E-state index is 13.7. The van der Waals surface area contributed by atoms with Crippen LogP contribution >= 0.6 is 0 Å². The third-order valence-electron chi connectivity index (χ3n) is 27.6. The van der Waals surface area contributed by atoms with E-state index in [2.05, 4.69) is 41.9 Å². The summed E-state index contributed by atoms with van der Waals surface area (Å²) in [5.74, 6) is -2.22. The fourth-order valence-electron chi connectivity index (χ4n) is 19.1. The van der Waals surface area contributed by atoms with Crippen molar-refractivity contribution in [3.05, 3.63) is 24.3 Å². The second-order valence-electron chi connectivity index (χ2n) is 38.7. The highest BCUT2D eigenvalue weighted by Crippen LogP contribution is 2.41. The van der Waals surface area contributed by atoms with Crippen molar-refractivity contribution in [1.29, 1.82) is 0 Å². The first kappa shape index (κ1) is 123. The summed E-state index contributed by atoms with van der Waals surface area (Å²) in [6, 6.07) is -4.98. The van der Waals surface area contributed by atoms with Crippen molar-refractivity contribution in [2.75, 3.05) is 52.9 Å². The molecule has 8 aliphatic rings. The number of carbonyl (C=O) groups is 3. The maximum Gasteiger partial charge on any atom is 0.220 e. The Balaban J connectivity index is 0.893. The Labute approximate surface area is 825 Å². The van der Waals surface area contributed by atoms with Crippen molar-refractivity contribution in [2.45, 2.75) is 511 Å². The fourth-order valence-corrected chi connectivity index (χ4v) is 19.1. The van der Waals surface area contributed by atoms with Crippen LogP contribution in [0.3, 0.4) is 0 Å². The van der Waals surface area contributed by atoms with Gasteiger partial charge in [-0.15, -0.1) is 0 Å². The molecule has 822 valence electrons. The number of allylic oxidation sites excluding steroid dienone is 3. The van der Waals surface area contributed by atoms with Gasteiger partial charge in [-0.25, -0.2) is 0 Å². The molecule has 0 saturated carbocycles. The van der Waals surface area contributed by atoms with Crippen LogP contribution < -0.4 is 16.0 Å². The molecule has 8 heterocycles. The molecule has 0 aliphatic carbocycles. The molecule has 8 fully saturated rings. The Morgan fingerprint density at radius 1 is 0.291 bits per heavy atom. The SMILES string of the molecule is CCCCCCCC/C=C\CCCCCCCCCCCCCCCC(=O)N[C@@H](CO[C@@H]1OC(CO)[C@@H](O[C@@H]2OC(CO)[C@H](O)[C@H](O[C@@H]3OC(CO)[C@@H](O[C@@H]4OC(CO)[C@H](O)[C@H](O[C@@H]5OC(CO)[C@@H](O[C@@H]6OC(CO)[C@H](O)[C@H](O[C@H]7OC(CO)[C@H](O)[C@H](O)C7O)C6O[C@H]6OC(C)[C@@H](O)C(O)[C@@H]6O)[C@H](O)C5NC(C)=O)C4O)[C@H](O)C3NC(C)=O)C2O)[C@H](O)C1O)[C@H](O)/C=C/CCCCCCCCCCCCC. The van der Waals surface area contributed by atoms with Gasteiger partial charge in [-0.3, -0.25) is 14.4 Å². The van der Waals surface area contributed by atoms with Gasteiger partial charge in [-0.2, -0.15) is 0 Å². The molecule has 8 rings (SSSR count). The van der Waals surface area contributed by atoms with Crippen LogP contribution in [-0.4, -0.2) is 446 Å². The Hall–Kier alpha value is -3.67. The van der Waals surface area contributed by atoms with Gasteiger partial charge >= 0.3 is 0 Å². The van der Waals surface area contributed by atoms with Crippen LogP contribution in [0.4, 0.5) is 0 Å². The number of carbonyl (C=O) groups excluding carboxylic acids is 3. The number of hydrogen-bond acceptors (Lipinski definition) is 42. The zero-order chi connectivity index (χ0) is 103. The van der Waals surface area contributed by atoms with Crippen molar-refractivity contribution in [3.8, 4) is 0 Å². The first-order valence-corrected chi connectivity index (χ1v) is 51.5. The number of unbranched alkanes of at least 4 members (excludes halogenated alkanes) is 30. The lowest BCUT2D eigenvalue weighted by molar-refractivity contribution is -0.405. The average Bonchev–Trinajstić information content (AvgIpc) is 0.759. The third-order valence-corrected chi connectivity index (χ3v) is 27.6. The highest BCUT2D eigenvalue weighted by molar-refractivity contribution is 5.76. The molecule has 45 heteroatoms. The molecule has 0 aromatic rings. The molecule has 0 radical (unpaired) electrons. The number of hydrogen-bond donors (Lipinski definition) is 26. The van der Waals surface area contributed by atoms with E-state index in [1.807, 2.05) is 6.08 Å². The van der Waals surface area contributed by atoms with Gasteiger partial charge < -0.3 is 209 Å². The molecule has 0 bridgehead atoms. The van der Waals surface area contributed by atoms with Crippen molar-refractivity contribution in [3.63, 3.8) is 0 Å². The predicted octanol–water partition coefficient (Wildman–Crippen LogP) is -2.85. The van der Waals surface area contributed by atoms with E-state index in [0.717, 1.165) is 71.6 Å². The highest BCUT2D eigenvalue weighted by Gasteiger charge is 2.61. The fraction of sp³-hybridized carbons (Fsp3) is 0.927. The normalized spacial score (nSPS) is 38.7. The summed E-state index contributed by atoms with van der Waals surface area (Å²) in [5.41, 5.74) is 0. The number of rotatable bonds is 64. The summed E-state index contributed by atoms with van der Waals surface area (Å²) < 4.78 is 95.9. The standard InChI is InChI=1S/C96H171N3O42/c1-6-8-10-12-14-16-18-20-21-22-23-24-25-26-27-28-29-31-33-35-37-39-41-43-64(110)99-55(56(109)42-40-38-36-34-32-30-19-17-15-13-11-9-7-2)51-126-91-79(123)76(120)84(63(50-106)134-91)136-95-81(125)86(70(114)59(46-102)130-95)139-89-65(97-53(4)107)72(116)82(61(48-104)132-89)135-94-80(124)85(69(113)58(45-101)129-94)138-90-66(98-54(5)108)73(117)83(62(49-105)133-90)137-96-88(141-92-77(121)74(118)67(111)52(3)127-92)87(71(115)60(47-103)131-96)140-93-78(122)75(119)68(112)57(44-100)128-93/h20-21,40,42,52,55-63,65-96,100-106,109,111-125H,6-19,22-39,41,43-51H2,1-5H3,(H,97,107)(H,98,108)(H,99,110)/b21-20-,42-40+/t52?,55-,56+,57?,58?,59?,60?,61?,62?,63?,65?,66?,67+,68-,69-,70-,71-,72+,73+,74?,75-,76+,77-,78?,79?,80?,81?,82+,83+,84+,85-,86-,87-,88?,89-,90-,91+,92+,93+,94-,95-,96-/m0/s1. The van der Waals surface area contributed by atoms with E-state index in [0.29, 0.717) is 12.8 Å². The minimum Gasteiger partial charge on any atom is -0.394 e. The van der Waals surface area contributed by atoms with Crippen LogP contribution in [0.1, 0.15) is 253 Å². The second-order valence-corrected chi connectivity index (χ2v) is 38.7.